The molecule has 3 aromatic heterocycles. The summed E-state index contributed by atoms with van der Waals surface area (Å²) in [6.45, 7) is 5.07. The van der Waals surface area contributed by atoms with Crippen LogP contribution in [0.3, 0.4) is 0 Å². The van der Waals surface area contributed by atoms with E-state index in [2.05, 4.69) is 86.9 Å². The predicted octanol–water partition coefficient (Wildman–Crippen LogP) is 4.20. The largest absolute Gasteiger partial charge is 0.477 e. The van der Waals surface area contributed by atoms with Crippen molar-refractivity contribution >= 4 is 56.2 Å². The second kappa shape index (κ2) is 10.6. The molecule has 0 saturated carbocycles. The number of imidazole rings is 1. The molecule has 2 aliphatic rings. The van der Waals surface area contributed by atoms with Crippen LogP contribution in [0.25, 0.3) is 21.2 Å². The molecule has 0 spiro atoms. The van der Waals surface area contributed by atoms with Crippen molar-refractivity contribution in [3.8, 4) is 0 Å². The number of aliphatic carboxylic acids is 1. The molecule has 1 fully saturated rings. The lowest BCUT2D eigenvalue weighted by Crippen LogP contribution is -2.63. The number of carboxylic acids is 1. The Morgan fingerprint density at radius 3 is 2.44 bits per heavy atom. The number of carbonyl (C=O) groups excluding carboxylic acids is 1. The van der Waals surface area contributed by atoms with E-state index < -0.39 is 18.0 Å². The second-order valence-electron chi connectivity index (χ2n) is 11.4. The summed E-state index contributed by atoms with van der Waals surface area (Å²) in [5, 5.41) is 23.8. The minimum absolute atomic E-state index is 0.0458. The molecule has 0 aliphatic carbocycles. The van der Waals surface area contributed by atoms with Crippen LogP contribution in [0.15, 0.2) is 90.2 Å². The van der Waals surface area contributed by atoms with Gasteiger partial charge in [-0.1, -0.05) is 72.5 Å². The van der Waals surface area contributed by atoms with Gasteiger partial charge in [0.25, 0.3) is 6.33 Å². The van der Waals surface area contributed by atoms with Gasteiger partial charge in [0, 0.05) is 28.5 Å². The zero-order valence-electron chi connectivity index (χ0n) is 24.0. The molecule has 2 N–H and O–H groups in total. The molecule has 8 nitrogen and oxygen atoms in total. The van der Waals surface area contributed by atoms with Crippen molar-refractivity contribution in [2.45, 2.75) is 44.1 Å². The van der Waals surface area contributed by atoms with E-state index >= 15 is 0 Å². The summed E-state index contributed by atoms with van der Waals surface area (Å²) < 4.78 is 6.48. The van der Waals surface area contributed by atoms with E-state index in [1.54, 1.807) is 30.0 Å². The van der Waals surface area contributed by atoms with Crippen molar-refractivity contribution in [2.75, 3.05) is 6.26 Å². The number of aliphatic hydroxyl groups is 1. The van der Waals surface area contributed by atoms with E-state index in [4.69, 9.17) is 0 Å². The number of thioether (sulfide) groups is 1. The predicted molar refractivity (Wildman–Crippen MR) is 166 cm³/mol. The van der Waals surface area contributed by atoms with Crippen LogP contribution in [-0.2, 0) is 22.7 Å². The minimum atomic E-state index is -1.11. The lowest BCUT2D eigenvalue weighted by atomic mass is 9.77. The van der Waals surface area contributed by atoms with Crippen LogP contribution in [0.4, 0.5) is 0 Å². The van der Waals surface area contributed by atoms with Gasteiger partial charge >= 0.3 is 5.97 Å². The number of amides is 1. The number of rotatable bonds is 8. The molecular formula is C33H32N4O4S2+2. The fourth-order valence-corrected chi connectivity index (χ4v) is 8.88. The van der Waals surface area contributed by atoms with E-state index in [0.29, 0.717) is 12.1 Å². The summed E-state index contributed by atoms with van der Waals surface area (Å²) >= 11 is 3.20. The van der Waals surface area contributed by atoms with E-state index in [1.165, 1.54) is 26.8 Å². The van der Waals surface area contributed by atoms with E-state index in [1.807, 2.05) is 19.4 Å². The van der Waals surface area contributed by atoms with Crippen molar-refractivity contribution in [1.82, 2.24) is 9.30 Å². The van der Waals surface area contributed by atoms with Crippen molar-refractivity contribution in [3.05, 3.63) is 101 Å². The van der Waals surface area contributed by atoms with Crippen LogP contribution < -0.4 is 9.13 Å². The monoisotopic (exact) mass is 612 g/mol. The lowest BCUT2D eigenvalue weighted by molar-refractivity contribution is -0.721. The normalized spacial score (nSPS) is 20.6. The fraction of sp³-hybridized carbons (Fsp3) is 0.273. The Labute approximate surface area is 257 Å². The first kappa shape index (κ1) is 27.8. The number of benzene rings is 2. The molecule has 5 aromatic rings. The molecule has 0 bridgehead atoms. The molecular weight excluding hydrogens is 581 g/mol. The Morgan fingerprint density at radius 1 is 1.07 bits per heavy atom. The first-order valence-electron chi connectivity index (χ1n) is 14.3. The van der Waals surface area contributed by atoms with Crippen LogP contribution in [0.1, 0.15) is 29.9 Å². The number of thiazole rings is 1. The Bertz CT molecular complexity index is 1940. The maximum Gasteiger partial charge on any atom is 0.352 e. The summed E-state index contributed by atoms with van der Waals surface area (Å²) in [6, 6.07) is 18.9. The number of hydrogen-bond acceptors (Lipinski definition) is 5. The molecule has 0 radical (unpaired) electrons. The number of nitrogens with zero attached hydrogens (tertiary/aromatic N) is 4. The quantitative estimate of drug-likeness (QED) is 0.156. The standard InChI is InChI=1S/C33H31N4O4S2/c1-19-26(29(33(40)41)37-28(19)27(20(2)38)30(37)39)25-17-36-18-35(31(42-3)32(36)43-25)15-22-10-8-21(9-11-22)14-34-13-12-23-6-4-5-7-24(23)16-34/h4-13,16-20,27-28,38H,14-15H2,1-3H3/q+1/p+1/t19-,20+,27+,28+/m0/s1. The molecule has 5 heterocycles. The van der Waals surface area contributed by atoms with E-state index in [0.717, 1.165) is 21.3 Å². The molecule has 4 atom stereocenters. The summed E-state index contributed by atoms with van der Waals surface area (Å²) in [7, 11) is 0. The average Bonchev–Trinajstić information content (AvgIpc) is 3.60. The van der Waals surface area contributed by atoms with Crippen molar-refractivity contribution < 1.29 is 28.9 Å². The number of fused-ring (bicyclic) bond motifs is 3. The van der Waals surface area contributed by atoms with Gasteiger partial charge < -0.3 is 15.1 Å². The molecule has 218 valence electrons. The van der Waals surface area contributed by atoms with Gasteiger partial charge in [-0.25, -0.2) is 13.9 Å². The molecule has 43 heavy (non-hydrogen) atoms. The van der Waals surface area contributed by atoms with Crippen LogP contribution in [0.2, 0.25) is 0 Å². The average molecular weight is 613 g/mol. The number of carboxylic acid groups (broad SMARTS) is 1. The Kier molecular flexibility index (Phi) is 6.87. The third kappa shape index (κ3) is 4.56. The maximum atomic E-state index is 12.8. The molecule has 2 aromatic carbocycles. The zero-order chi connectivity index (χ0) is 30.0. The van der Waals surface area contributed by atoms with Crippen molar-refractivity contribution in [3.63, 3.8) is 0 Å². The number of aromatic nitrogens is 3. The van der Waals surface area contributed by atoms with Crippen LogP contribution >= 0.6 is 23.1 Å². The topological polar surface area (TPSA) is 90.0 Å². The SMILES string of the molecule is CSc1c2sc(C3=C(C(=O)O)N4C(=O)[C@H]([C@@H](C)O)[C@H]4[C@H]3C)cn2c[n+]1Cc1ccc(C[n+]2ccc3ccccc3c2)cc1. The Hall–Kier alpha value is -3.99. The van der Waals surface area contributed by atoms with Crippen molar-refractivity contribution in [2.24, 2.45) is 11.8 Å². The second-order valence-corrected chi connectivity index (χ2v) is 13.3. The summed E-state index contributed by atoms with van der Waals surface area (Å²) in [5.41, 5.74) is 3.14. The van der Waals surface area contributed by atoms with E-state index in [-0.39, 0.29) is 23.6 Å². The van der Waals surface area contributed by atoms with Gasteiger partial charge in [-0.15, -0.1) is 0 Å². The fourth-order valence-electron chi connectivity index (χ4n) is 6.70. The van der Waals surface area contributed by atoms with Crippen LogP contribution in [0.5, 0.6) is 0 Å². The first-order chi connectivity index (χ1) is 20.7. The maximum absolute atomic E-state index is 12.8. The summed E-state index contributed by atoms with van der Waals surface area (Å²) in [5.74, 6) is -2.19. The van der Waals surface area contributed by atoms with Gasteiger partial charge in [0.15, 0.2) is 18.9 Å². The van der Waals surface area contributed by atoms with Gasteiger partial charge in [-0.2, -0.15) is 4.40 Å². The highest BCUT2D eigenvalue weighted by Gasteiger charge is 2.60. The molecule has 2 aliphatic heterocycles. The third-order valence-electron chi connectivity index (χ3n) is 8.73. The Morgan fingerprint density at radius 2 is 1.77 bits per heavy atom. The molecule has 1 amide bonds. The van der Waals surface area contributed by atoms with Crippen molar-refractivity contribution in [1.29, 1.82) is 0 Å². The van der Waals surface area contributed by atoms with Gasteiger partial charge in [0.1, 0.15) is 18.4 Å². The highest BCUT2D eigenvalue weighted by atomic mass is 32.2. The number of carbonyl (C=O) groups is 2. The highest BCUT2D eigenvalue weighted by Crippen LogP contribution is 2.51. The number of hydrogen-bond donors (Lipinski definition) is 2. The van der Waals surface area contributed by atoms with E-state index in [9.17, 15) is 19.8 Å². The van der Waals surface area contributed by atoms with Crippen LogP contribution in [-0.4, -0.2) is 49.8 Å². The van der Waals surface area contributed by atoms with Gasteiger partial charge in [0.05, 0.1) is 22.9 Å². The van der Waals surface area contributed by atoms with Gasteiger partial charge in [0.2, 0.25) is 15.8 Å². The number of pyridine rings is 1. The van der Waals surface area contributed by atoms with Gasteiger partial charge in [-0.05, 0) is 30.2 Å². The van der Waals surface area contributed by atoms with Crippen LogP contribution in [0, 0.1) is 11.8 Å². The molecule has 10 heteroatoms. The lowest BCUT2D eigenvalue weighted by Gasteiger charge is -2.46. The Balaban J connectivity index is 1.13. The molecule has 7 rings (SSSR count). The molecule has 0 unspecified atom stereocenters. The molecule has 1 saturated heterocycles. The smallest absolute Gasteiger partial charge is 0.352 e. The number of β-lactam (4-membered cyclic amide) rings is 1. The summed E-state index contributed by atoms with van der Waals surface area (Å²) in [4.78, 5) is 28.4. The van der Waals surface area contributed by atoms with Gasteiger partial charge in [-0.3, -0.25) is 4.79 Å². The number of aliphatic hydroxyl groups excluding tert-OH is 1. The highest BCUT2D eigenvalue weighted by molar-refractivity contribution is 7.98. The zero-order valence-corrected chi connectivity index (χ0v) is 25.7. The first-order valence-corrected chi connectivity index (χ1v) is 16.3. The minimum Gasteiger partial charge on any atom is -0.477 e. The summed E-state index contributed by atoms with van der Waals surface area (Å²) in [6.07, 6.45) is 9.55. The third-order valence-corrected chi connectivity index (χ3v) is 10.8.